The molecule has 0 aliphatic carbocycles. The number of ether oxygens (including phenoxy) is 2. The van der Waals surface area contributed by atoms with Crippen molar-refractivity contribution in [2.75, 3.05) is 13.7 Å². The number of nitrogens with one attached hydrogen (secondary N) is 1. The molecule has 0 aromatic rings. The van der Waals surface area contributed by atoms with Crippen molar-refractivity contribution in [1.29, 1.82) is 0 Å². The van der Waals surface area contributed by atoms with Crippen LogP contribution in [0.25, 0.3) is 0 Å². The summed E-state index contributed by atoms with van der Waals surface area (Å²) in [4.78, 5) is 12.1. The van der Waals surface area contributed by atoms with Crippen molar-refractivity contribution in [2.24, 2.45) is 0 Å². The highest BCUT2D eigenvalue weighted by molar-refractivity contribution is 5.83. The van der Waals surface area contributed by atoms with Gasteiger partial charge in [0, 0.05) is 6.42 Å². The average Bonchev–Trinajstić information content (AvgIpc) is 2.39. The Hall–Kier alpha value is -1.05. The van der Waals surface area contributed by atoms with Crippen LogP contribution in [0.2, 0.25) is 0 Å². The number of hydrogen-bond acceptors (Lipinski definition) is 4. The first-order valence-corrected chi connectivity index (χ1v) is 5.68. The number of methoxy groups -OCH3 is 1. The summed E-state index contributed by atoms with van der Waals surface area (Å²) in [6.45, 7) is 7.97. The van der Waals surface area contributed by atoms with Crippen molar-refractivity contribution in [3.63, 3.8) is 0 Å². The summed E-state index contributed by atoms with van der Waals surface area (Å²) in [7, 11) is 1.38. The lowest BCUT2D eigenvalue weighted by molar-refractivity contribution is -0.157. The number of terminal acetylenes is 1. The zero-order chi connectivity index (χ0) is 13.3. The fourth-order valence-electron chi connectivity index (χ4n) is 2.71. The van der Waals surface area contributed by atoms with E-state index in [0.717, 1.165) is 0 Å². The fourth-order valence-corrected chi connectivity index (χ4v) is 2.71. The van der Waals surface area contributed by atoms with E-state index in [1.54, 1.807) is 0 Å². The molecule has 1 aliphatic heterocycles. The molecule has 0 radical (unpaired) electrons. The van der Waals surface area contributed by atoms with Crippen LogP contribution in [0, 0.1) is 12.3 Å². The summed E-state index contributed by atoms with van der Waals surface area (Å²) < 4.78 is 10.9. The van der Waals surface area contributed by atoms with Gasteiger partial charge in [-0.1, -0.05) is 5.92 Å². The third-order valence-electron chi connectivity index (χ3n) is 3.28. The predicted octanol–water partition coefficient (Wildman–Crippen LogP) is 1.10. The van der Waals surface area contributed by atoms with Crippen LogP contribution in [0.1, 0.15) is 34.1 Å². The van der Waals surface area contributed by atoms with Crippen LogP contribution in [-0.4, -0.2) is 36.4 Å². The quantitative estimate of drug-likeness (QED) is 0.592. The summed E-state index contributed by atoms with van der Waals surface area (Å²) in [6, 6.07) is 0. The van der Waals surface area contributed by atoms with Gasteiger partial charge in [0.05, 0.1) is 24.9 Å². The van der Waals surface area contributed by atoms with Gasteiger partial charge in [-0.05, 0) is 27.7 Å². The van der Waals surface area contributed by atoms with Crippen molar-refractivity contribution >= 4 is 5.97 Å². The highest BCUT2D eigenvalue weighted by Gasteiger charge is 2.62. The molecule has 0 spiro atoms. The van der Waals surface area contributed by atoms with Crippen LogP contribution in [0.4, 0.5) is 0 Å². The van der Waals surface area contributed by atoms with Gasteiger partial charge >= 0.3 is 5.97 Å². The van der Waals surface area contributed by atoms with Gasteiger partial charge in [-0.25, -0.2) is 4.79 Å². The Morgan fingerprint density at radius 3 is 2.41 bits per heavy atom. The lowest BCUT2D eigenvalue weighted by Gasteiger charge is -2.37. The second kappa shape index (κ2) is 4.32. The molecule has 96 valence electrons. The first kappa shape index (κ1) is 14.0. The lowest BCUT2D eigenvalue weighted by atomic mass is 9.79. The highest BCUT2D eigenvalue weighted by Crippen LogP contribution is 2.45. The van der Waals surface area contributed by atoms with Gasteiger partial charge in [0.15, 0.2) is 0 Å². The molecular formula is C13H21NO3. The molecule has 4 heteroatoms. The minimum absolute atomic E-state index is 0.304. The van der Waals surface area contributed by atoms with Gasteiger partial charge in [0.25, 0.3) is 0 Å². The molecule has 1 atom stereocenters. The van der Waals surface area contributed by atoms with E-state index < -0.39 is 11.1 Å². The Bertz CT molecular complexity index is 354. The molecule has 4 nitrogen and oxygen atoms in total. The van der Waals surface area contributed by atoms with E-state index in [1.165, 1.54) is 7.11 Å². The van der Waals surface area contributed by atoms with Gasteiger partial charge < -0.3 is 9.47 Å². The maximum atomic E-state index is 12.1. The van der Waals surface area contributed by atoms with Crippen LogP contribution >= 0.6 is 0 Å². The molecule has 0 aromatic heterocycles. The normalized spacial score (nSPS) is 29.6. The van der Waals surface area contributed by atoms with Crippen molar-refractivity contribution in [2.45, 2.75) is 50.9 Å². The van der Waals surface area contributed by atoms with Gasteiger partial charge in [-0.3, -0.25) is 5.32 Å². The largest absolute Gasteiger partial charge is 0.468 e. The number of carbonyl (C=O) groups is 1. The molecule has 1 heterocycles. The second-order valence-electron chi connectivity index (χ2n) is 5.50. The molecule has 0 aromatic carbocycles. The molecule has 1 N–H and O–H groups in total. The molecule has 1 fully saturated rings. The fraction of sp³-hybridized carbons (Fsp3) is 0.769. The third kappa shape index (κ3) is 2.31. The number of hydrogen-bond donors (Lipinski definition) is 1. The van der Waals surface area contributed by atoms with Crippen molar-refractivity contribution in [1.82, 2.24) is 5.32 Å². The minimum Gasteiger partial charge on any atom is -0.468 e. The standard InChI is InChI=1S/C13H21NO3/c1-7-8-14-13(10(15)16-6)9-11(2,3)17-12(13,4)5/h1,14H,8-9H2,2-6H3. The first-order chi connectivity index (χ1) is 7.71. The van der Waals surface area contributed by atoms with Crippen LogP contribution in [-0.2, 0) is 14.3 Å². The summed E-state index contributed by atoms with van der Waals surface area (Å²) >= 11 is 0. The molecule has 0 bridgehead atoms. The highest BCUT2D eigenvalue weighted by atomic mass is 16.6. The zero-order valence-corrected chi connectivity index (χ0v) is 11.2. The summed E-state index contributed by atoms with van der Waals surface area (Å²) in [5, 5.41) is 3.11. The van der Waals surface area contributed by atoms with E-state index in [0.29, 0.717) is 13.0 Å². The molecule has 1 rings (SSSR count). The minimum atomic E-state index is -0.891. The van der Waals surface area contributed by atoms with Crippen LogP contribution < -0.4 is 5.32 Å². The Kier molecular flexibility index (Phi) is 3.56. The van der Waals surface area contributed by atoms with Crippen molar-refractivity contribution in [3.8, 4) is 12.3 Å². The Balaban J connectivity index is 3.14. The Morgan fingerprint density at radius 2 is 2.06 bits per heavy atom. The number of esters is 1. The molecule has 1 unspecified atom stereocenters. The van der Waals surface area contributed by atoms with Crippen molar-refractivity contribution in [3.05, 3.63) is 0 Å². The molecule has 0 amide bonds. The molecule has 1 saturated heterocycles. The van der Waals surface area contributed by atoms with Crippen molar-refractivity contribution < 1.29 is 14.3 Å². The third-order valence-corrected chi connectivity index (χ3v) is 3.28. The van der Waals surface area contributed by atoms with E-state index in [4.69, 9.17) is 15.9 Å². The summed E-state index contributed by atoms with van der Waals surface area (Å²) in [5.74, 6) is 2.16. The molecule has 17 heavy (non-hydrogen) atoms. The Labute approximate surface area is 103 Å². The molecular weight excluding hydrogens is 218 g/mol. The van der Waals surface area contributed by atoms with Crippen LogP contribution in [0.3, 0.4) is 0 Å². The maximum Gasteiger partial charge on any atom is 0.329 e. The van der Waals surface area contributed by atoms with E-state index >= 15 is 0 Å². The van der Waals surface area contributed by atoms with Crippen LogP contribution in [0.15, 0.2) is 0 Å². The average molecular weight is 239 g/mol. The molecule has 0 saturated carbocycles. The van der Waals surface area contributed by atoms with E-state index in [9.17, 15) is 4.79 Å². The van der Waals surface area contributed by atoms with Gasteiger partial charge in [-0.2, -0.15) is 0 Å². The predicted molar refractivity (Wildman–Crippen MR) is 65.4 cm³/mol. The SMILES string of the molecule is C#CCNC1(C(=O)OC)CC(C)(C)OC1(C)C. The van der Waals surface area contributed by atoms with E-state index in [1.807, 2.05) is 27.7 Å². The van der Waals surface area contributed by atoms with E-state index in [2.05, 4.69) is 11.2 Å². The summed E-state index contributed by atoms with van der Waals surface area (Å²) in [6.07, 6.45) is 5.79. The first-order valence-electron chi connectivity index (χ1n) is 5.68. The smallest absolute Gasteiger partial charge is 0.329 e. The number of carbonyl (C=O) groups excluding carboxylic acids is 1. The van der Waals surface area contributed by atoms with Crippen LogP contribution in [0.5, 0.6) is 0 Å². The number of rotatable bonds is 3. The lowest BCUT2D eigenvalue weighted by Crippen LogP contribution is -2.63. The topological polar surface area (TPSA) is 47.6 Å². The monoisotopic (exact) mass is 239 g/mol. The van der Waals surface area contributed by atoms with Gasteiger partial charge in [0.2, 0.25) is 0 Å². The van der Waals surface area contributed by atoms with Gasteiger partial charge in [0.1, 0.15) is 5.54 Å². The molecule has 1 aliphatic rings. The second-order valence-corrected chi connectivity index (χ2v) is 5.50. The zero-order valence-electron chi connectivity index (χ0n) is 11.2. The van der Waals surface area contributed by atoms with E-state index in [-0.39, 0.29) is 11.6 Å². The van der Waals surface area contributed by atoms with Gasteiger partial charge in [-0.15, -0.1) is 6.42 Å². The Morgan fingerprint density at radius 1 is 1.47 bits per heavy atom. The summed E-state index contributed by atoms with van der Waals surface area (Å²) in [5.41, 5.74) is -1.95. The maximum absolute atomic E-state index is 12.1.